The Balaban J connectivity index is 1.87. The number of carbonyl (C=O) groups is 1. The Hall–Kier alpha value is -2.58. The first-order chi connectivity index (χ1) is 12.9. The van der Waals surface area contributed by atoms with Crippen molar-refractivity contribution in [3.63, 3.8) is 0 Å². The zero-order chi connectivity index (χ0) is 19.9. The molecule has 0 radical (unpaired) electrons. The number of hydrogen-bond acceptors (Lipinski definition) is 5. The number of ether oxygens (including phenoxy) is 2. The maximum absolute atomic E-state index is 12.2. The van der Waals surface area contributed by atoms with Gasteiger partial charge in [-0.25, -0.2) is 13.1 Å². The van der Waals surface area contributed by atoms with Gasteiger partial charge in [0.2, 0.25) is 15.9 Å². The second kappa shape index (κ2) is 9.38. The van der Waals surface area contributed by atoms with Gasteiger partial charge < -0.3 is 14.8 Å². The van der Waals surface area contributed by atoms with E-state index < -0.39 is 10.0 Å². The number of para-hydroxylation sites is 1. The summed E-state index contributed by atoms with van der Waals surface area (Å²) < 4.78 is 37.2. The second-order valence-corrected chi connectivity index (χ2v) is 7.62. The highest BCUT2D eigenvalue weighted by Crippen LogP contribution is 2.24. The summed E-state index contributed by atoms with van der Waals surface area (Å²) in [5.41, 5.74) is 0.854. The highest BCUT2D eigenvalue weighted by molar-refractivity contribution is 7.89. The smallest absolute Gasteiger partial charge is 0.240 e. The molecule has 1 atom stereocenters. The zero-order valence-corrected chi connectivity index (χ0v) is 16.4. The van der Waals surface area contributed by atoms with Crippen LogP contribution in [0.25, 0.3) is 0 Å². The number of sulfonamides is 1. The van der Waals surface area contributed by atoms with E-state index in [2.05, 4.69) is 10.0 Å². The molecule has 0 aliphatic heterocycles. The first kappa shape index (κ1) is 20.7. The van der Waals surface area contributed by atoms with Gasteiger partial charge in [-0.1, -0.05) is 18.2 Å². The van der Waals surface area contributed by atoms with Gasteiger partial charge in [-0.2, -0.15) is 0 Å². The monoisotopic (exact) mass is 392 g/mol. The average molecular weight is 392 g/mol. The molecule has 0 heterocycles. The quantitative estimate of drug-likeness (QED) is 0.683. The molecule has 0 aliphatic carbocycles. The van der Waals surface area contributed by atoms with E-state index >= 15 is 0 Å². The summed E-state index contributed by atoms with van der Waals surface area (Å²) in [6.45, 7) is 1.84. The fraction of sp³-hybridized carbons (Fsp3) is 0.316. The van der Waals surface area contributed by atoms with Crippen LogP contribution in [0, 0.1) is 0 Å². The number of carbonyl (C=O) groups excluding carboxylic acids is 1. The molecule has 27 heavy (non-hydrogen) atoms. The lowest BCUT2D eigenvalue weighted by Crippen LogP contribution is -2.32. The molecule has 2 aromatic carbocycles. The van der Waals surface area contributed by atoms with Crippen LogP contribution in [-0.2, 0) is 14.8 Å². The van der Waals surface area contributed by atoms with Gasteiger partial charge in [-0.3, -0.25) is 4.79 Å². The zero-order valence-electron chi connectivity index (χ0n) is 15.6. The second-order valence-electron chi connectivity index (χ2n) is 5.85. The van der Waals surface area contributed by atoms with Gasteiger partial charge in [0, 0.05) is 18.5 Å². The van der Waals surface area contributed by atoms with Crippen molar-refractivity contribution < 1.29 is 22.7 Å². The van der Waals surface area contributed by atoms with Gasteiger partial charge in [-0.15, -0.1) is 0 Å². The predicted octanol–water partition coefficient (Wildman–Crippen LogP) is 2.25. The van der Waals surface area contributed by atoms with Crippen LogP contribution in [0.3, 0.4) is 0 Å². The number of hydrogen-bond donors (Lipinski definition) is 2. The minimum Gasteiger partial charge on any atom is -0.497 e. The summed E-state index contributed by atoms with van der Waals surface area (Å²) in [5, 5.41) is 2.84. The van der Waals surface area contributed by atoms with Crippen molar-refractivity contribution in [2.75, 3.05) is 20.8 Å². The standard InChI is InChI=1S/C19H24N2O5S/c1-14(17-6-4-5-7-18(17)26-3)21-19(22)12-13-20-27(23,24)16-10-8-15(25-2)9-11-16/h4-11,14,20H,12-13H2,1-3H3,(H,21,22). The van der Waals surface area contributed by atoms with Crippen LogP contribution in [0.2, 0.25) is 0 Å². The Kier molecular flexibility index (Phi) is 7.20. The lowest BCUT2D eigenvalue weighted by Gasteiger charge is -2.17. The van der Waals surface area contributed by atoms with Gasteiger partial charge in [0.05, 0.1) is 25.2 Å². The molecule has 0 aromatic heterocycles. The number of methoxy groups -OCH3 is 2. The molecule has 2 aromatic rings. The molecule has 1 amide bonds. The molecule has 0 aliphatic rings. The summed E-state index contributed by atoms with van der Waals surface area (Å²) in [6.07, 6.45) is 0.0227. The summed E-state index contributed by atoms with van der Waals surface area (Å²) in [5.74, 6) is 0.995. The Morgan fingerprint density at radius 2 is 1.70 bits per heavy atom. The molecule has 146 valence electrons. The van der Waals surface area contributed by atoms with E-state index in [0.717, 1.165) is 5.56 Å². The summed E-state index contributed by atoms with van der Waals surface area (Å²) in [4.78, 5) is 12.2. The summed E-state index contributed by atoms with van der Waals surface area (Å²) >= 11 is 0. The molecule has 0 saturated heterocycles. The number of amides is 1. The minimum absolute atomic E-state index is 0.00115. The van der Waals surface area contributed by atoms with Gasteiger partial charge in [0.15, 0.2) is 0 Å². The molecule has 7 nitrogen and oxygen atoms in total. The summed E-state index contributed by atoms with van der Waals surface area (Å²) in [6, 6.07) is 13.2. The molecule has 0 bridgehead atoms. The number of rotatable bonds is 9. The topological polar surface area (TPSA) is 93.7 Å². The fourth-order valence-corrected chi connectivity index (χ4v) is 3.58. The third-order valence-corrected chi connectivity index (χ3v) is 5.47. The largest absolute Gasteiger partial charge is 0.497 e. The van der Waals surface area contributed by atoms with Gasteiger partial charge >= 0.3 is 0 Å². The van der Waals surface area contributed by atoms with E-state index in [-0.39, 0.29) is 29.8 Å². The van der Waals surface area contributed by atoms with E-state index in [1.54, 1.807) is 19.2 Å². The van der Waals surface area contributed by atoms with E-state index in [4.69, 9.17) is 9.47 Å². The van der Waals surface area contributed by atoms with Crippen molar-refractivity contribution in [1.29, 1.82) is 0 Å². The number of benzene rings is 2. The van der Waals surface area contributed by atoms with Crippen molar-refractivity contribution >= 4 is 15.9 Å². The SMILES string of the molecule is COc1ccc(S(=O)(=O)NCCC(=O)NC(C)c2ccccc2OC)cc1. The summed E-state index contributed by atoms with van der Waals surface area (Å²) in [7, 11) is -0.601. The molecule has 1 unspecified atom stereocenters. The molecule has 0 saturated carbocycles. The third-order valence-electron chi connectivity index (χ3n) is 4.00. The first-order valence-corrected chi connectivity index (χ1v) is 9.91. The molecule has 2 rings (SSSR count). The fourth-order valence-electron chi connectivity index (χ4n) is 2.55. The van der Waals surface area contributed by atoms with Gasteiger partial charge in [0.25, 0.3) is 0 Å². The third kappa shape index (κ3) is 5.70. The van der Waals surface area contributed by atoms with Gasteiger partial charge in [0.1, 0.15) is 11.5 Å². The van der Waals surface area contributed by atoms with Gasteiger partial charge in [-0.05, 0) is 37.3 Å². The Morgan fingerprint density at radius 3 is 2.33 bits per heavy atom. The van der Waals surface area contributed by atoms with Crippen LogP contribution in [0.4, 0.5) is 0 Å². The molecule has 2 N–H and O–H groups in total. The Labute approximate surface area is 159 Å². The predicted molar refractivity (Wildman–Crippen MR) is 102 cm³/mol. The highest BCUT2D eigenvalue weighted by atomic mass is 32.2. The minimum atomic E-state index is -3.68. The van der Waals surface area contributed by atoms with Crippen LogP contribution in [-0.4, -0.2) is 35.1 Å². The van der Waals surface area contributed by atoms with Crippen molar-refractivity contribution in [1.82, 2.24) is 10.0 Å². The van der Waals surface area contributed by atoms with E-state index in [9.17, 15) is 13.2 Å². The first-order valence-electron chi connectivity index (χ1n) is 8.43. The van der Waals surface area contributed by atoms with E-state index in [1.165, 1.54) is 19.2 Å². The Bertz CT molecular complexity index is 866. The van der Waals surface area contributed by atoms with Crippen LogP contribution in [0.1, 0.15) is 24.9 Å². The lowest BCUT2D eigenvalue weighted by atomic mass is 10.1. The van der Waals surface area contributed by atoms with Crippen molar-refractivity contribution in [3.8, 4) is 11.5 Å². The van der Waals surface area contributed by atoms with Crippen molar-refractivity contribution in [2.24, 2.45) is 0 Å². The van der Waals surface area contributed by atoms with E-state index in [0.29, 0.717) is 11.5 Å². The van der Waals surface area contributed by atoms with Crippen LogP contribution in [0.5, 0.6) is 11.5 Å². The molecular weight excluding hydrogens is 368 g/mol. The maximum atomic E-state index is 12.2. The maximum Gasteiger partial charge on any atom is 0.240 e. The number of nitrogens with one attached hydrogen (secondary N) is 2. The van der Waals surface area contributed by atoms with Crippen LogP contribution >= 0.6 is 0 Å². The molecule has 0 fully saturated rings. The molecule has 0 spiro atoms. The molecular formula is C19H24N2O5S. The Morgan fingerprint density at radius 1 is 1.04 bits per heavy atom. The lowest BCUT2D eigenvalue weighted by molar-refractivity contribution is -0.121. The van der Waals surface area contributed by atoms with Crippen LogP contribution in [0.15, 0.2) is 53.4 Å². The van der Waals surface area contributed by atoms with Crippen molar-refractivity contribution in [2.45, 2.75) is 24.3 Å². The van der Waals surface area contributed by atoms with Crippen molar-refractivity contribution in [3.05, 3.63) is 54.1 Å². The normalized spacial score (nSPS) is 12.3. The highest BCUT2D eigenvalue weighted by Gasteiger charge is 2.16. The van der Waals surface area contributed by atoms with E-state index in [1.807, 2.05) is 31.2 Å². The molecule has 8 heteroatoms. The average Bonchev–Trinajstić information content (AvgIpc) is 2.67. The van der Waals surface area contributed by atoms with Crippen LogP contribution < -0.4 is 19.5 Å².